The fraction of sp³-hybridized carbons (Fsp3) is 0.625. The van der Waals surface area contributed by atoms with E-state index in [4.69, 9.17) is 10.6 Å². The van der Waals surface area contributed by atoms with Gasteiger partial charge in [-0.1, -0.05) is 19.1 Å². The number of benzene rings is 1. The topological polar surface area (TPSA) is 47.3 Å². The second kappa shape index (κ2) is 7.27. The number of hydrogen-bond acceptors (Lipinski definition) is 5. The van der Waals surface area contributed by atoms with E-state index in [1.54, 1.807) is 0 Å². The number of aryl methyl sites for hydroxylation is 1. The molecule has 3 N–H and O–H groups in total. The molecule has 21 heavy (non-hydrogen) atoms. The fourth-order valence-electron chi connectivity index (χ4n) is 3.15. The predicted octanol–water partition coefficient (Wildman–Crippen LogP) is 2.62. The lowest BCUT2D eigenvalue weighted by Crippen LogP contribution is -2.47. The largest absolute Gasteiger partial charge is 0.493 e. The maximum Gasteiger partial charge on any atom is 0.122 e. The van der Waals surface area contributed by atoms with Crippen molar-refractivity contribution in [2.75, 3.05) is 18.1 Å². The van der Waals surface area contributed by atoms with Gasteiger partial charge in [-0.3, -0.25) is 11.3 Å². The second-order valence-electron chi connectivity index (χ2n) is 5.76. The summed E-state index contributed by atoms with van der Waals surface area (Å²) in [6.45, 7) is 3.16. The fourth-order valence-corrected chi connectivity index (χ4v) is 6.13. The number of nitrogens with one attached hydrogen (secondary N) is 1. The Bertz CT molecular complexity index is 483. The molecular weight excluding hydrogens is 300 g/mol. The van der Waals surface area contributed by atoms with Gasteiger partial charge in [0.05, 0.1) is 6.61 Å². The zero-order chi connectivity index (χ0) is 14.7. The number of ether oxygens (including phenoxy) is 1. The van der Waals surface area contributed by atoms with Crippen LogP contribution < -0.4 is 16.0 Å². The van der Waals surface area contributed by atoms with Crippen LogP contribution in [0.15, 0.2) is 18.2 Å². The molecule has 3 unspecified atom stereocenters. The van der Waals surface area contributed by atoms with Crippen molar-refractivity contribution in [2.24, 2.45) is 5.84 Å². The van der Waals surface area contributed by atoms with Crippen LogP contribution in [0.5, 0.6) is 5.75 Å². The molecule has 2 heterocycles. The minimum Gasteiger partial charge on any atom is -0.493 e. The lowest BCUT2D eigenvalue weighted by Gasteiger charge is -2.34. The van der Waals surface area contributed by atoms with Crippen molar-refractivity contribution in [1.29, 1.82) is 0 Å². The van der Waals surface area contributed by atoms with Gasteiger partial charge in [0.25, 0.3) is 0 Å². The highest BCUT2D eigenvalue weighted by Gasteiger charge is 2.29. The van der Waals surface area contributed by atoms with Gasteiger partial charge in [-0.2, -0.15) is 23.5 Å². The van der Waals surface area contributed by atoms with E-state index >= 15 is 0 Å². The average Bonchev–Trinajstić information content (AvgIpc) is 2.97. The molecule has 0 bridgehead atoms. The van der Waals surface area contributed by atoms with Gasteiger partial charge < -0.3 is 4.74 Å². The van der Waals surface area contributed by atoms with Crippen LogP contribution in [0.4, 0.5) is 0 Å². The zero-order valence-corrected chi connectivity index (χ0v) is 14.1. The van der Waals surface area contributed by atoms with Crippen molar-refractivity contribution in [3.63, 3.8) is 0 Å². The summed E-state index contributed by atoms with van der Waals surface area (Å²) in [7, 11) is 0. The Morgan fingerprint density at radius 3 is 3.05 bits per heavy atom. The molecule has 2 aliphatic rings. The van der Waals surface area contributed by atoms with Crippen LogP contribution >= 0.6 is 23.5 Å². The van der Waals surface area contributed by atoms with Gasteiger partial charge in [0, 0.05) is 34.5 Å². The highest BCUT2D eigenvalue weighted by atomic mass is 32.2. The first-order valence-corrected chi connectivity index (χ1v) is 9.81. The third kappa shape index (κ3) is 3.70. The number of fused-ring (bicyclic) bond motifs is 1. The van der Waals surface area contributed by atoms with Crippen LogP contribution in [-0.4, -0.2) is 34.7 Å². The molecule has 3 nitrogen and oxygen atoms in total. The van der Waals surface area contributed by atoms with Crippen molar-refractivity contribution >= 4 is 23.5 Å². The molecule has 1 aromatic carbocycles. The van der Waals surface area contributed by atoms with Crippen molar-refractivity contribution in [2.45, 2.75) is 42.7 Å². The first kappa shape index (κ1) is 15.5. The number of hydrazine groups is 1. The van der Waals surface area contributed by atoms with Crippen LogP contribution in [0, 0.1) is 0 Å². The van der Waals surface area contributed by atoms with Crippen LogP contribution in [-0.2, 0) is 12.8 Å². The van der Waals surface area contributed by atoms with Gasteiger partial charge in [-0.15, -0.1) is 0 Å². The Balaban J connectivity index is 1.59. The maximum absolute atomic E-state index is 5.83. The Labute approximate surface area is 135 Å². The number of thioether (sulfide) groups is 2. The van der Waals surface area contributed by atoms with E-state index in [1.807, 2.05) is 0 Å². The summed E-state index contributed by atoms with van der Waals surface area (Å²) < 4.78 is 5.57. The van der Waals surface area contributed by atoms with Crippen LogP contribution in [0.2, 0.25) is 0 Å². The second-order valence-corrected chi connectivity index (χ2v) is 8.53. The van der Waals surface area contributed by atoms with Crippen molar-refractivity contribution < 1.29 is 4.74 Å². The summed E-state index contributed by atoms with van der Waals surface area (Å²) in [6, 6.07) is 7.02. The van der Waals surface area contributed by atoms with Crippen molar-refractivity contribution in [3.8, 4) is 5.75 Å². The molecular formula is C16H24N2OS2. The lowest BCUT2D eigenvalue weighted by molar-refractivity contribution is 0.357. The Hall–Kier alpha value is -0.360. The average molecular weight is 325 g/mol. The van der Waals surface area contributed by atoms with E-state index < -0.39 is 0 Å². The predicted molar refractivity (Wildman–Crippen MR) is 93.2 cm³/mol. The third-order valence-corrected chi connectivity index (χ3v) is 7.60. The van der Waals surface area contributed by atoms with E-state index in [0.29, 0.717) is 16.5 Å². The molecule has 0 aliphatic carbocycles. The van der Waals surface area contributed by atoms with E-state index in [1.165, 1.54) is 22.6 Å². The van der Waals surface area contributed by atoms with Crippen molar-refractivity contribution in [3.05, 3.63) is 29.3 Å². The molecule has 3 atom stereocenters. The van der Waals surface area contributed by atoms with Gasteiger partial charge in [-0.05, 0) is 30.0 Å². The summed E-state index contributed by atoms with van der Waals surface area (Å²) in [5.74, 6) is 9.41. The molecule has 1 fully saturated rings. The molecule has 0 amide bonds. The van der Waals surface area contributed by atoms with Gasteiger partial charge in [0.15, 0.2) is 0 Å². The van der Waals surface area contributed by atoms with Gasteiger partial charge in [0.1, 0.15) is 5.75 Å². The van der Waals surface area contributed by atoms with Crippen LogP contribution in [0.3, 0.4) is 0 Å². The van der Waals surface area contributed by atoms with Gasteiger partial charge >= 0.3 is 0 Å². The van der Waals surface area contributed by atoms with Crippen molar-refractivity contribution in [1.82, 2.24) is 5.43 Å². The zero-order valence-electron chi connectivity index (χ0n) is 12.5. The molecule has 0 radical (unpaired) electrons. The molecule has 0 aromatic heterocycles. The normalized spacial score (nSPS) is 26.2. The minimum atomic E-state index is 0.391. The highest BCUT2D eigenvalue weighted by molar-refractivity contribution is 8.07. The number of nitrogens with two attached hydrogens (primary N) is 1. The molecule has 2 aliphatic heterocycles. The summed E-state index contributed by atoms with van der Waals surface area (Å²) >= 11 is 4.15. The molecule has 0 spiro atoms. The van der Waals surface area contributed by atoms with E-state index in [0.717, 1.165) is 31.6 Å². The third-order valence-electron chi connectivity index (χ3n) is 4.35. The molecule has 1 aromatic rings. The summed E-state index contributed by atoms with van der Waals surface area (Å²) in [5.41, 5.74) is 5.83. The van der Waals surface area contributed by atoms with Crippen LogP contribution in [0.1, 0.15) is 24.5 Å². The Morgan fingerprint density at radius 1 is 1.38 bits per heavy atom. The Kier molecular flexibility index (Phi) is 5.38. The molecule has 116 valence electrons. The highest BCUT2D eigenvalue weighted by Crippen LogP contribution is 2.34. The summed E-state index contributed by atoms with van der Waals surface area (Å²) in [5, 5.41) is 1.30. The SMILES string of the molecule is CC1SCCSC1C(CCc1ccc2c(c1)CCO2)NN. The molecule has 0 saturated carbocycles. The monoisotopic (exact) mass is 324 g/mol. The lowest BCUT2D eigenvalue weighted by atomic mass is 10.00. The number of rotatable bonds is 5. The summed E-state index contributed by atoms with van der Waals surface area (Å²) in [4.78, 5) is 0. The van der Waals surface area contributed by atoms with Crippen LogP contribution in [0.25, 0.3) is 0 Å². The van der Waals surface area contributed by atoms with E-state index in [9.17, 15) is 0 Å². The first-order chi connectivity index (χ1) is 10.3. The molecule has 5 heteroatoms. The number of hydrogen-bond donors (Lipinski definition) is 2. The molecule has 1 saturated heterocycles. The summed E-state index contributed by atoms with van der Waals surface area (Å²) in [6.07, 6.45) is 3.23. The minimum absolute atomic E-state index is 0.391. The standard InChI is InChI=1S/C16H24N2OS2/c1-11-16(21-9-8-20-11)14(18-17)4-2-12-3-5-15-13(10-12)6-7-19-15/h3,5,10-11,14,16,18H,2,4,6-9,17H2,1H3. The van der Waals surface area contributed by atoms with Gasteiger partial charge in [0.2, 0.25) is 0 Å². The van der Waals surface area contributed by atoms with Gasteiger partial charge in [-0.25, -0.2) is 0 Å². The smallest absolute Gasteiger partial charge is 0.122 e. The van der Waals surface area contributed by atoms with E-state index in [2.05, 4.69) is 54.1 Å². The Morgan fingerprint density at radius 2 is 2.24 bits per heavy atom. The quantitative estimate of drug-likeness (QED) is 0.644. The maximum atomic E-state index is 5.83. The van der Waals surface area contributed by atoms with E-state index in [-0.39, 0.29) is 0 Å². The molecule has 3 rings (SSSR count). The first-order valence-electron chi connectivity index (χ1n) is 7.72.